The van der Waals surface area contributed by atoms with Crippen LogP contribution in [0.15, 0.2) is 18.2 Å². The third-order valence-electron chi connectivity index (χ3n) is 4.11. The second-order valence-corrected chi connectivity index (χ2v) is 6.11. The van der Waals surface area contributed by atoms with Gasteiger partial charge in [0, 0.05) is 25.0 Å². The van der Waals surface area contributed by atoms with E-state index in [-0.39, 0.29) is 30.9 Å². The molecular weight excluding hydrogens is 306 g/mol. The Hall–Kier alpha value is -2.02. The van der Waals surface area contributed by atoms with Crippen LogP contribution in [0.3, 0.4) is 0 Å². The predicted molar refractivity (Wildman–Crippen MR) is 79.9 cm³/mol. The molecule has 23 heavy (non-hydrogen) atoms. The number of nitrogens with one attached hydrogen (secondary N) is 1. The summed E-state index contributed by atoms with van der Waals surface area (Å²) in [5.41, 5.74) is -0.248. The third-order valence-corrected chi connectivity index (χ3v) is 4.11. The topological polar surface area (TPSA) is 69.6 Å². The first-order valence-electron chi connectivity index (χ1n) is 7.48. The molecule has 7 heteroatoms. The lowest BCUT2D eigenvalue weighted by Crippen LogP contribution is -2.47. The van der Waals surface area contributed by atoms with Crippen molar-refractivity contribution in [1.82, 2.24) is 10.2 Å². The van der Waals surface area contributed by atoms with Gasteiger partial charge >= 0.3 is 5.97 Å². The molecule has 2 N–H and O–H groups in total. The standard InChI is InChI=1S/C16H20F2N2O3/c1-16(19-9-15(22)23)6-7-20(10-16)14(21)5-2-11-8-12(17)3-4-13(11)18/h3-4,8,19H,2,5-7,9-10H2,1H3,(H,22,23)/t16-/m0/s1. The van der Waals surface area contributed by atoms with Gasteiger partial charge < -0.3 is 10.0 Å². The number of carbonyl (C=O) groups is 2. The summed E-state index contributed by atoms with van der Waals surface area (Å²) in [5.74, 6) is -2.14. The summed E-state index contributed by atoms with van der Waals surface area (Å²) in [5, 5.41) is 11.6. The molecule has 1 aliphatic heterocycles. The maximum absolute atomic E-state index is 13.5. The molecule has 126 valence electrons. The Balaban J connectivity index is 1.87. The molecule has 1 amide bonds. The number of rotatable bonds is 6. The fourth-order valence-corrected chi connectivity index (χ4v) is 2.74. The summed E-state index contributed by atoms with van der Waals surface area (Å²) in [7, 11) is 0. The van der Waals surface area contributed by atoms with Gasteiger partial charge in [-0.2, -0.15) is 0 Å². The van der Waals surface area contributed by atoms with Crippen molar-refractivity contribution in [3.8, 4) is 0 Å². The lowest BCUT2D eigenvalue weighted by Gasteiger charge is -2.25. The first-order chi connectivity index (χ1) is 10.8. The first kappa shape index (κ1) is 17.3. The molecule has 0 unspecified atom stereocenters. The van der Waals surface area contributed by atoms with Crippen LogP contribution in [0.1, 0.15) is 25.3 Å². The van der Waals surface area contributed by atoms with Crippen LogP contribution < -0.4 is 5.32 Å². The fraction of sp³-hybridized carbons (Fsp3) is 0.500. The molecule has 0 radical (unpaired) electrons. The number of hydrogen-bond acceptors (Lipinski definition) is 3. The highest BCUT2D eigenvalue weighted by Crippen LogP contribution is 2.22. The number of benzene rings is 1. The summed E-state index contributed by atoms with van der Waals surface area (Å²) < 4.78 is 26.6. The van der Waals surface area contributed by atoms with E-state index >= 15 is 0 Å². The summed E-state index contributed by atoms with van der Waals surface area (Å²) >= 11 is 0. The van der Waals surface area contributed by atoms with Gasteiger partial charge in [0.15, 0.2) is 0 Å². The number of aryl methyl sites for hydroxylation is 1. The van der Waals surface area contributed by atoms with Crippen molar-refractivity contribution in [2.75, 3.05) is 19.6 Å². The van der Waals surface area contributed by atoms with Crippen LogP contribution in [0.25, 0.3) is 0 Å². The molecule has 1 atom stereocenters. The average Bonchev–Trinajstić information content (AvgIpc) is 2.89. The predicted octanol–water partition coefficient (Wildman–Crippen LogP) is 1.56. The summed E-state index contributed by atoms with van der Waals surface area (Å²) in [4.78, 5) is 24.5. The fourth-order valence-electron chi connectivity index (χ4n) is 2.74. The Morgan fingerprint density at radius 3 is 2.83 bits per heavy atom. The third kappa shape index (κ3) is 4.72. The van der Waals surface area contributed by atoms with Crippen LogP contribution in [0.5, 0.6) is 0 Å². The maximum Gasteiger partial charge on any atom is 0.317 e. The smallest absolute Gasteiger partial charge is 0.317 e. The lowest BCUT2D eigenvalue weighted by atomic mass is 10.0. The van der Waals surface area contributed by atoms with Gasteiger partial charge in [-0.3, -0.25) is 14.9 Å². The second-order valence-electron chi connectivity index (χ2n) is 6.11. The van der Waals surface area contributed by atoms with Crippen molar-refractivity contribution < 1.29 is 23.5 Å². The van der Waals surface area contributed by atoms with Crippen LogP contribution in [-0.2, 0) is 16.0 Å². The quantitative estimate of drug-likeness (QED) is 0.832. The number of hydrogen-bond donors (Lipinski definition) is 2. The molecule has 0 bridgehead atoms. The zero-order valence-electron chi connectivity index (χ0n) is 12.9. The number of carboxylic acid groups (broad SMARTS) is 1. The Kier molecular flexibility index (Phi) is 5.30. The van der Waals surface area contributed by atoms with Crippen molar-refractivity contribution in [3.63, 3.8) is 0 Å². The van der Waals surface area contributed by atoms with Gasteiger partial charge in [-0.05, 0) is 43.5 Å². The van der Waals surface area contributed by atoms with E-state index in [9.17, 15) is 18.4 Å². The van der Waals surface area contributed by atoms with Crippen LogP contribution in [0, 0.1) is 11.6 Å². The number of halogens is 2. The van der Waals surface area contributed by atoms with Gasteiger partial charge in [0.25, 0.3) is 0 Å². The van der Waals surface area contributed by atoms with E-state index in [1.165, 1.54) is 0 Å². The zero-order chi connectivity index (χ0) is 17.0. The molecule has 1 aromatic rings. The van der Waals surface area contributed by atoms with Crippen LogP contribution in [0.4, 0.5) is 8.78 Å². The highest BCUT2D eigenvalue weighted by molar-refractivity contribution is 5.77. The highest BCUT2D eigenvalue weighted by atomic mass is 19.1. The Morgan fingerprint density at radius 2 is 2.13 bits per heavy atom. The molecular formula is C16H20F2N2O3. The molecule has 0 aromatic heterocycles. The number of carboxylic acids is 1. The van der Waals surface area contributed by atoms with Crippen LogP contribution in [0.2, 0.25) is 0 Å². The number of amides is 1. The molecule has 0 aliphatic carbocycles. The van der Waals surface area contributed by atoms with Crippen molar-refractivity contribution in [3.05, 3.63) is 35.4 Å². The SMILES string of the molecule is C[C@]1(NCC(=O)O)CCN(C(=O)CCc2cc(F)ccc2F)C1. The largest absolute Gasteiger partial charge is 0.480 e. The Morgan fingerprint density at radius 1 is 1.39 bits per heavy atom. The minimum atomic E-state index is -0.947. The molecule has 2 rings (SSSR count). The molecule has 1 heterocycles. The monoisotopic (exact) mass is 326 g/mol. The van der Waals surface area contributed by atoms with E-state index in [4.69, 9.17) is 5.11 Å². The lowest BCUT2D eigenvalue weighted by molar-refractivity contribution is -0.136. The molecule has 5 nitrogen and oxygen atoms in total. The minimum Gasteiger partial charge on any atom is -0.480 e. The van der Waals surface area contributed by atoms with Gasteiger partial charge in [-0.25, -0.2) is 8.78 Å². The summed E-state index contributed by atoms with van der Waals surface area (Å²) in [6.07, 6.45) is 0.883. The van der Waals surface area contributed by atoms with E-state index in [0.29, 0.717) is 19.5 Å². The molecule has 0 saturated carbocycles. The number of nitrogens with zero attached hydrogens (tertiary/aromatic N) is 1. The van der Waals surface area contributed by atoms with Crippen LogP contribution >= 0.6 is 0 Å². The van der Waals surface area contributed by atoms with E-state index in [1.54, 1.807) is 4.90 Å². The van der Waals surface area contributed by atoms with E-state index < -0.39 is 23.1 Å². The average molecular weight is 326 g/mol. The van der Waals surface area contributed by atoms with Crippen molar-refractivity contribution in [2.45, 2.75) is 31.7 Å². The number of carbonyl (C=O) groups excluding carboxylic acids is 1. The maximum atomic E-state index is 13.5. The molecule has 1 aliphatic rings. The van der Waals surface area contributed by atoms with E-state index in [2.05, 4.69) is 5.32 Å². The van der Waals surface area contributed by atoms with Crippen molar-refractivity contribution in [2.24, 2.45) is 0 Å². The Bertz CT molecular complexity index is 609. The highest BCUT2D eigenvalue weighted by Gasteiger charge is 2.35. The van der Waals surface area contributed by atoms with Gasteiger partial charge in [-0.1, -0.05) is 0 Å². The zero-order valence-corrected chi connectivity index (χ0v) is 12.9. The number of aliphatic carboxylic acids is 1. The second kappa shape index (κ2) is 7.04. The van der Waals surface area contributed by atoms with E-state index in [1.807, 2.05) is 6.92 Å². The minimum absolute atomic E-state index is 0.0926. The molecule has 1 aromatic carbocycles. The first-order valence-corrected chi connectivity index (χ1v) is 7.48. The summed E-state index contributed by atoms with van der Waals surface area (Å²) in [6, 6.07) is 3.20. The van der Waals surface area contributed by atoms with Gasteiger partial charge in [0.1, 0.15) is 11.6 Å². The normalized spacial score (nSPS) is 20.7. The Labute approximate surface area is 133 Å². The summed E-state index contributed by atoms with van der Waals surface area (Å²) in [6.45, 7) is 2.64. The van der Waals surface area contributed by atoms with Gasteiger partial charge in [-0.15, -0.1) is 0 Å². The molecule has 1 fully saturated rings. The van der Waals surface area contributed by atoms with Gasteiger partial charge in [0.05, 0.1) is 6.54 Å². The number of likely N-dealkylation sites (tertiary alicyclic amines) is 1. The van der Waals surface area contributed by atoms with E-state index in [0.717, 1.165) is 18.2 Å². The molecule has 1 saturated heterocycles. The van der Waals surface area contributed by atoms with Crippen molar-refractivity contribution in [1.29, 1.82) is 0 Å². The van der Waals surface area contributed by atoms with Crippen molar-refractivity contribution >= 4 is 11.9 Å². The molecule has 0 spiro atoms. The van der Waals surface area contributed by atoms with Crippen LogP contribution in [-0.4, -0.2) is 47.1 Å². The van der Waals surface area contributed by atoms with Gasteiger partial charge in [0.2, 0.25) is 5.91 Å².